The molecule has 0 atom stereocenters. The van der Waals surface area contributed by atoms with Crippen LogP contribution < -0.4 is 5.32 Å². The molecule has 1 aliphatic heterocycles. The molecule has 0 spiro atoms. The second-order valence-corrected chi connectivity index (χ2v) is 4.40. The summed E-state index contributed by atoms with van der Waals surface area (Å²) in [6.07, 6.45) is 1.14. The molecule has 0 radical (unpaired) electrons. The summed E-state index contributed by atoms with van der Waals surface area (Å²) < 4.78 is 18.0. The Bertz CT molecular complexity index is 535. The molecule has 3 rings (SSSR count). The van der Waals surface area contributed by atoms with Crippen molar-refractivity contribution in [1.29, 1.82) is 0 Å². The highest BCUT2D eigenvalue weighted by atomic mass is 19.1. The maximum Gasteiger partial charge on any atom is 0.241 e. The van der Waals surface area contributed by atoms with E-state index in [2.05, 4.69) is 25.3 Å². The first-order valence-electron chi connectivity index (χ1n) is 6.19. The minimum absolute atomic E-state index is 0.381. The fraction of sp³-hybridized carbons (Fsp3) is 0.417. The van der Waals surface area contributed by atoms with Crippen LogP contribution in [-0.4, -0.2) is 46.2 Å². The standard InChI is InChI=1S/C12H14FN5O/c13-9-1-2-10(15-7-9)12-16-11(19-17-12)8-18-5-3-14-4-6-18/h1-2,7,14H,3-6,8H2. The van der Waals surface area contributed by atoms with Gasteiger partial charge in [0.05, 0.1) is 12.7 Å². The minimum atomic E-state index is -0.381. The first-order chi connectivity index (χ1) is 9.31. The number of nitrogens with one attached hydrogen (secondary N) is 1. The average molecular weight is 263 g/mol. The number of hydrogen-bond donors (Lipinski definition) is 1. The number of rotatable bonds is 3. The first-order valence-corrected chi connectivity index (χ1v) is 6.19. The second-order valence-electron chi connectivity index (χ2n) is 4.40. The Morgan fingerprint density at radius 2 is 2.16 bits per heavy atom. The van der Waals surface area contributed by atoms with Crippen molar-refractivity contribution in [2.45, 2.75) is 6.54 Å². The summed E-state index contributed by atoms with van der Waals surface area (Å²) in [7, 11) is 0. The van der Waals surface area contributed by atoms with E-state index in [0.29, 0.717) is 24.0 Å². The third kappa shape index (κ3) is 2.94. The highest BCUT2D eigenvalue weighted by molar-refractivity contribution is 5.47. The van der Waals surface area contributed by atoms with Crippen molar-refractivity contribution >= 4 is 0 Å². The predicted molar refractivity (Wildman–Crippen MR) is 65.6 cm³/mol. The SMILES string of the molecule is Fc1ccc(-c2noc(CN3CCNCC3)n2)nc1. The molecule has 19 heavy (non-hydrogen) atoms. The van der Waals surface area contributed by atoms with Crippen LogP contribution in [0, 0.1) is 5.82 Å². The van der Waals surface area contributed by atoms with Crippen molar-refractivity contribution in [3.8, 4) is 11.5 Å². The molecule has 2 aromatic heterocycles. The quantitative estimate of drug-likeness (QED) is 0.878. The number of piperazine rings is 1. The Hall–Kier alpha value is -1.86. The normalized spacial score (nSPS) is 16.7. The van der Waals surface area contributed by atoms with E-state index >= 15 is 0 Å². The Morgan fingerprint density at radius 3 is 2.89 bits per heavy atom. The van der Waals surface area contributed by atoms with Gasteiger partial charge in [-0.2, -0.15) is 4.98 Å². The Balaban J connectivity index is 1.70. The van der Waals surface area contributed by atoms with Gasteiger partial charge in [-0.1, -0.05) is 5.16 Å². The van der Waals surface area contributed by atoms with E-state index in [1.807, 2.05) is 0 Å². The van der Waals surface area contributed by atoms with Gasteiger partial charge in [-0.25, -0.2) is 9.37 Å². The number of nitrogens with zero attached hydrogens (tertiary/aromatic N) is 4. The Kier molecular flexibility index (Phi) is 3.47. The molecule has 1 fully saturated rings. The molecule has 1 aliphatic rings. The van der Waals surface area contributed by atoms with Gasteiger partial charge in [-0.05, 0) is 12.1 Å². The van der Waals surface area contributed by atoms with Crippen LogP contribution in [0.2, 0.25) is 0 Å². The molecule has 0 unspecified atom stereocenters. The summed E-state index contributed by atoms with van der Waals surface area (Å²) in [5.74, 6) is 0.571. The van der Waals surface area contributed by atoms with Crippen LogP contribution in [0.4, 0.5) is 4.39 Å². The zero-order valence-electron chi connectivity index (χ0n) is 10.3. The maximum atomic E-state index is 12.8. The molecule has 7 heteroatoms. The van der Waals surface area contributed by atoms with Crippen molar-refractivity contribution in [2.24, 2.45) is 0 Å². The van der Waals surface area contributed by atoms with Crippen LogP contribution in [0.15, 0.2) is 22.9 Å². The van der Waals surface area contributed by atoms with Gasteiger partial charge in [0, 0.05) is 26.2 Å². The van der Waals surface area contributed by atoms with Crippen molar-refractivity contribution in [3.63, 3.8) is 0 Å². The lowest BCUT2D eigenvalue weighted by Gasteiger charge is -2.25. The van der Waals surface area contributed by atoms with Crippen LogP contribution in [0.1, 0.15) is 5.89 Å². The van der Waals surface area contributed by atoms with Gasteiger partial charge < -0.3 is 9.84 Å². The van der Waals surface area contributed by atoms with E-state index in [1.54, 1.807) is 0 Å². The highest BCUT2D eigenvalue weighted by Crippen LogP contribution is 2.14. The maximum absolute atomic E-state index is 12.8. The van der Waals surface area contributed by atoms with Crippen LogP contribution in [-0.2, 0) is 6.54 Å². The third-order valence-corrected chi connectivity index (χ3v) is 2.99. The summed E-state index contributed by atoms with van der Waals surface area (Å²) in [5.41, 5.74) is 0.511. The molecular formula is C12H14FN5O. The lowest BCUT2D eigenvalue weighted by Crippen LogP contribution is -2.42. The van der Waals surface area contributed by atoms with E-state index in [0.717, 1.165) is 32.4 Å². The minimum Gasteiger partial charge on any atom is -0.337 e. The molecule has 2 aromatic rings. The molecule has 0 saturated carbocycles. The van der Waals surface area contributed by atoms with E-state index < -0.39 is 0 Å². The van der Waals surface area contributed by atoms with Gasteiger partial charge in [-0.15, -0.1) is 0 Å². The highest BCUT2D eigenvalue weighted by Gasteiger charge is 2.15. The molecule has 6 nitrogen and oxygen atoms in total. The van der Waals surface area contributed by atoms with E-state index in [1.165, 1.54) is 12.1 Å². The molecule has 1 saturated heterocycles. The third-order valence-electron chi connectivity index (χ3n) is 2.99. The Labute approximate surface area is 109 Å². The molecule has 0 aromatic carbocycles. The predicted octanol–water partition coefficient (Wildman–Crippen LogP) is 0.676. The zero-order valence-corrected chi connectivity index (χ0v) is 10.3. The zero-order chi connectivity index (χ0) is 13.1. The van der Waals surface area contributed by atoms with E-state index in [-0.39, 0.29) is 5.82 Å². The van der Waals surface area contributed by atoms with E-state index in [9.17, 15) is 4.39 Å². The number of halogens is 1. The Morgan fingerprint density at radius 1 is 1.32 bits per heavy atom. The summed E-state index contributed by atoms with van der Waals surface area (Å²) in [6.45, 7) is 4.51. The molecule has 100 valence electrons. The van der Waals surface area contributed by atoms with Gasteiger partial charge in [-0.3, -0.25) is 4.90 Å². The summed E-state index contributed by atoms with van der Waals surface area (Å²) in [4.78, 5) is 10.4. The number of pyridine rings is 1. The van der Waals surface area contributed by atoms with Crippen molar-refractivity contribution in [1.82, 2.24) is 25.3 Å². The van der Waals surface area contributed by atoms with Crippen LogP contribution in [0.25, 0.3) is 11.5 Å². The van der Waals surface area contributed by atoms with Crippen LogP contribution in [0.3, 0.4) is 0 Å². The topological polar surface area (TPSA) is 67.1 Å². The lowest BCUT2D eigenvalue weighted by atomic mass is 10.3. The fourth-order valence-electron chi connectivity index (χ4n) is 1.99. The number of aromatic nitrogens is 3. The average Bonchev–Trinajstić information content (AvgIpc) is 2.89. The second kappa shape index (κ2) is 5.41. The van der Waals surface area contributed by atoms with Gasteiger partial charge in [0.15, 0.2) is 0 Å². The van der Waals surface area contributed by atoms with Gasteiger partial charge in [0.2, 0.25) is 11.7 Å². The monoisotopic (exact) mass is 263 g/mol. The smallest absolute Gasteiger partial charge is 0.241 e. The van der Waals surface area contributed by atoms with Gasteiger partial charge >= 0.3 is 0 Å². The summed E-state index contributed by atoms with van der Waals surface area (Å²) in [5, 5.41) is 7.15. The van der Waals surface area contributed by atoms with Gasteiger partial charge in [0.25, 0.3) is 0 Å². The molecule has 0 amide bonds. The lowest BCUT2D eigenvalue weighted by molar-refractivity contribution is 0.203. The van der Waals surface area contributed by atoms with Crippen molar-refractivity contribution < 1.29 is 8.91 Å². The molecule has 0 bridgehead atoms. The molecule has 0 aliphatic carbocycles. The molecule has 1 N–H and O–H groups in total. The van der Waals surface area contributed by atoms with Crippen molar-refractivity contribution in [3.05, 3.63) is 30.0 Å². The summed E-state index contributed by atoms with van der Waals surface area (Å²) >= 11 is 0. The van der Waals surface area contributed by atoms with Gasteiger partial charge in [0.1, 0.15) is 11.5 Å². The fourth-order valence-corrected chi connectivity index (χ4v) is 1.99. The summed E-state index contributed by atoms with van der Waals surface area (Å²) in [6, 6.07) is 2.86. The van der Waals surface area contributed by atoms with E-state index in [4.69, 9.17) is 4.52 Å². The molecular weight excluding hydrogens is 249 g/mol. The molecule has 3 heterocycles. The van der Waals surface area contributed by atoms with Crippen LogP contribution in [0.5, 0.6) is 0 Å². The largest absolute Gasteiger partial charge is 0.337 e. The number of hydrogen-bond acceptors (Lipinski definition) is 6. The van der Waals surface area contributed by atoms with Crippen LogP contribution >= 0.6 is 0 Å². The van der Waals surface area contributed by atoms with Crippen molar-refractivity contribution in [2.75, 3.05) is 26.2 Å². The first kappa shape index (κ1) is 12.2.